The van der Waals surface area contributed by atoms with E-state index in [1.807, 2.05) is 0 Å². The van der Waals surface area contributed by atoms with Gasteiger partial charge in [-0.2, -0.15) is 0 Å². The minimum atomic E-state index is -2.83. The largest absolute Gasteiger partial charge is 0.480 e. The number of hydrogen-bond donors (Lipinski definition) is 1. The second kappa shape index (κ2) is 2.89. The fourth-order valence-corrected chi connectivity index (χ4v) is 0.993. The van der Waals surface area contributed by atoms with Crippen molar-refractivity contribution in [1.82, 2.24) is 5.12 Å². The molecule has 0 aromatic rings. The van der Waals surface area contributed by atoms with Crippen molar-refractivity contribution in [2.45, 2.75) is 24.7 Å². The second-order valence-corrected chi connectivity index (χ2v) is 2.39. The molecule has 0 bridgehead atoms. The highest BCUT2D eigenvalue weighted by Gasteiger charge is 2.55. The Bertz CT molecular complexity index is 188. The molecule has 1 N–H and O–H groups in total. The number of aliphatic carboxylic acids is 1. The fraction of sp³-hybridized carbons (Fsp3) is 0.800. The molecule has 1 saturated heterocycles. The number of hydrogen-bond acceptors (Lipinski definition) is 2. The van der Waals surface area contributed by atoms with Crippen molar-refractivity contribution in [2.75, 3.05) is 0 Å². The number of carboxylic acid groups (broad SMARTS) is 1. The Balaban J connectivity index is 2.83. The molecular weight excluding hydrogens is 182 g/mol. The van der Waals surface area contributed by atoms with Crippen LogP contribution in [-0.4, -0.2) is 40.9 Å². The van der Waals surface area contributed by atoms with Crippen molar-refractivity contribution in [3.63, 3.8) is 0 Å². The lowest BCUT2D eigenvalue weighted by Gasteiger charge is -2.10. The van der Waals surface area contributed by atoms with Gasteiger partial charge in [-0.25, -0.2) is 13.2 Å². The Labute approximate surface area is 64.5 Å². The van der Waals surface area contributed by atoms with E-state index in [9.17, 15) is 22.4 Å². The average Bonchev–Trinajstić information content (AvgIpc) is 2.16. The molecule has 12 heavy (non-hydrogen) atoms. The quantitative estimate of drug-likeness (QED) is 0.371. The number of carboxylic acids is 1. The van der Waals surface area contributed by atoms with Crippen LogP contribution in [0.15, 0.2) is 0 Å². The molecule has 1 heterocycles. The zero-order valence-corrected chi connectivity index (χ0v) is 5.62. The molecular formula is C5H5F4NO2. The number of rotatable bonds is 1. The fourth-order valence-electron chi connectivity index (χ4n) is 0.993. The van der Waals surface area contributed by atoms with Crippen LogP contribution in [-0.2, 0) is 4.79 Å². The summed E-state index contributed by atoms with van der Waals surface area (Å²) >= 11 is 0. The average molecular weight is 187 g/mol. The van der Waals surface area contributed by atoms with E-state index in [0.29, 0.717) is 0 Å². The van der Waals surface area contributed by atoms with Crippen molar-refractivity contribution in [3.05, 3.63) is 0 Å². The molecule has 0 spiro atoms. The van der Waals surface area contributed by atoms with Gasteiger partial charge in [0.25, 0.3) is 0 Å². The lowest BCUT2D eigenvalue weighted by Crippen LogP contribution is -2.37. The number of halogens is 4. The summed E-state index contributed by atoms with van der Waals surface area (Å²) in [5, 5.41) is 7.17. The molecule has 7 heteroatoms. The van der Waals surface area contributed by atoms with Crippen molar-refractivity contribution in [2.24, 2.45) is 0 Å². The van der Waals surface area contributed by atoms with E-state index in [4.69, 9.17) is 5.11 Å². The van der Waals surface area contributed by atoms with E-state index in [0.717, 1.165) is 0 Å². The summed E-state index contributed by atoms with van der Waals surface area (Å²) in [6.07, 6.45) is -8.24. The number of nitrogens with zero attached hydrogens (tertiary/aromatic N) is 1. The standard InChI is InChI=1S/C5H5F4NO2/c6-1-2(7)4(8)10(9)3(1)5(11)12/h1-4H,(H,11,12). The summed E-state index contributed by atoms with van der Waals surface area (Å²) in [6, 6.07) is -2.38. The maximum absolute atomic E-state index is 12.5. The molecule has 4 atom stereocenters. The molecule has 0 aliphatic carbocycles. The van der Waals surface area contributed by atoms with Gasteiger partial charge in [-0.3, -0.25) is 4.79 Å². The lowest BCUT2D eigenvalue weighted by atomic mass is 10.2. The first kappa shape index (κ1) is 9.24. The highest BCUT2D eigenvalue weighted by Crippen LogP contribution is 2.31. The van der Waals surface area contributed by atoms with Gasteiger partial charge >= 0.3 is 5.97 Å². The lowest BCUT2D eigenvalue weighted by molar-refractivity contribution is -0.158. The number of carbonyl (C=O) groups is 1. The van der Waals surface area contributed by atoms with Crippen LogP contribution >= 0.6 is 0 Å². The zero-order valence-electron chi connectivity index (χ0n) is 5.62. The SMILES string of the molecule is O=C(O)C1C(F)C(F)C(F)N1F. The van der Waals surface area contributed by atoms with Gasteiger partial charge in [0.2, 0.25) is 6.30 Å². The van der Waals surface area contributed by atoms with Gasteiger partial charge in [0, 0.05) is 0 Å². The first-order valence-corrected chi connectivity index (χ1v) is 3.06. The van der Waals surface area contributed by atoms with Gasteiger partial charge in [-0.05, 0) is 0 Å². The van der Waals surface area contributed by atoms with Crippen LogP contribution < -0.4 is 0 Å². The smallest absolute Gasteiger partial charge is 0.326 e. The molecule has 0 aromatic heterocycles. The van der Waals surface area contributed by atoms with E-state index in [1.165, 1.54) is 0 Å². The summed E-state index contributed by atoms with van der Waals surface area (Å²) in [5.41, 5.74) is 0. The normalized spacial score (nSPS) is 43.3. The van der Waals surface area contributed by atoms with Crippen molar-refractivity contribution < 1.29 is 27.6 Å². The van der Waals surface area contributed by atoms with Gasteiger partial charge in [-0.15, -0.1) is 4.48 Å². The molecule has 0 amide bonds. The molecule has 0 aromatic carbocycles. The van der Waals surface area contributed by atoms with Crippen LogP contribution in [0.3, 0.4) is 0 Å². The van der Waals surface area contributed by atoms with Crippen LogP contribution in [0.5, 0.6) is 0 Å². The minimum Gasteiger partial charge on any atom is -0.480 e. The van der Waals surface area contributed by atoms with Crippen LogP contribution in [0.4, 0.5) is 17.7 Å². The Hall–Kier alpha value is -0.850. The summed E-state index contributed by atoms with van der Waals surface area (Å²) < 4.78 is 49.3. The first-order valence-electron chi connectivity index (χ1n) is 3.06. The molecule has 1 aliphatic rings. The Morgan fingerprint density at radius 2 is 1.75 bits per heavy atom. The van der Waals surface area contributed by atoms with E-state index < -0.39 is 35.8 Å². The van der Waals surface area contributed by atoms with Crippen molar-refractivity contribution in [1.29, 1.82) is 0 Å². The van der Waals surface area contributed by atoms with E-state index in [2.05, 4.69) is 0 Å². The van der Waals surface area contributed by atoms with Gasteiger partial charge < -0.3 is 5.11 Å². The third-order valence-corrected chi connectivity index (χ3v) is 1.62. The Kier molecular flexibility index (Phi) is 2.22. The predicted octanol–water partition coefficient (Wildman–Crippen LogP) is 0.612. The third kappa shape index (κ3) is 1.13. The van der Waals surface area contributed by atoms with Crippen LogP contribution in [0.2, 0.25) is 0 Å². The number of alkyl halides is 3. The first-order chi connectivity index (χ1) is 5.46. The second-order valence-electron chi connectivity index (χ2n) is 2.39. The van der Waals surface area contributed by atoms with Gasteiger partial charge in [-0.1, -0.05) is 5.12 Å². The molecule has 70 valence electrons. The zero-order chi connectivity index (χ0) is 9.46. The maximum atomic E-state index is 12.5. The molecule has 1 fully saturated rings. The van der Waals surface area contributed by atoms with Crippen LogP contribution in [0, 0.1) is 0 Å². The van der Waals surface area contributed by atoms with E-state index in [1.54, 1.807) is 0 Å². The Morgan fingerprint density at radius 1 is 1.25 bits per heavy atom. The monoisotopic (exact) mass is 187 g/mol. The maximum Gasteiger partial charge on any atom is 0.326 e. The molecule has 0 radical (unpaired) electrons. The van der Waals surface area contributed by atoms with Gasteiger partial charge in [0.05, 0.1) is 0 Å². The summed E-state index contributed by atoms with van der Waals surface area (Å²) in [6.45, 7) is 0. The highest BCUT2D eigenvalue weighted by atomic mass is 19.2. The van der Waals surface area contributed by atoms with Crippen LogP contribution in [0.1, 0.15) is 0 Å². The molecule has 1 aliphatic heterocycles. The van der Waals surface area contributed by atoms with Crippen molar-refractivity contribution in [3.8, 4) is 0 Å². The van der Waals surface area contributed by atoms with E-state index >= 15 is 0 Å². The summed E-state index contributed by atoms with van der Waals surface area (Å²) in [7, 11) is 0. The third-order valence-electron chi connectivity index (χ3n) is 1.62. The topological polar surface area (TPSA) is 40.5 Å². The molecule has 0 saturated carbocycles. The predicted molar refractivity (Wildman–Crippen MR) is 29.1 cm³/mol. The molecule has 3 nitrogen and oxygen atoms in total. The van der Waals surface area contributed by atoms with Gasteiger partial charge in [0.15, 0.2) is 18.4 Å². The molecule has 4 unspecified atom stereocenters. The van der Waals surface area contributed by atoms with Gasteiger partial charge in [0.1, 0.15) is 0 Å². The minimum absolute atomic E-state index is 0.961. The Morgan fingerprint density at radius 3 is 1.92 bits per heavy atom. The van der Waals surface area contributed by atoms with E-state index in [-0.39, 0.29) is 0 Å². The summed E-state index contributed by atoms with van der Waals surface area (Å²) in [4.78, 5) is 10.1. The van der Waals surface area contributed by atoms with Crippen molar-refractivity contribution >= 4 is 5.97 Å². The highest BCUT2D eigenvalue weighted by molar-refractivity contribution is 5.74. The summed E-state index contributed by atoms with van der Waals surface area (Å²) in [5.74, 6) is -1.92. The van der Waals surface area contributed by atoms with Crippen LogP contribution in [0.25, 0.3) is 0 Å². The molecule has 1 rings (SSSR count).